The first-order valence-corrected chi connectivity index (χ1v) is 10.1. The predicted molar refractivity (Wildman–Crippen MR) is 111 cm³/mol. The molecule has 1 heterocycles. The molecule has 0 N–H and O–H groups in total. The van der Waals surface area contributed by atoms with Crippen molar-refractivity contribution in [1.82, 2.24) is 14.7 Å². The lowest BCUT2D eigenvalue weighted by Crippen LogP contribution is -2.53. The Bertz CT molecular complexity index is 727. The van der Waals surface area contributed by atoms with Gasteiger partial charge in [-0.25, -0.2) is 0 Å². The number of hydrogen-bond acceptors (Lipinski definition) is 3. The smallest absolute Gasteiger partial charge is 0.312 e. The Hall–Kier alpha value is -2.66. The second kappa shape index (κ2) is 9.51. The Morgan fingerprint density at radius 1 is 0.821 bits per heavy atom. The van der Waals surface area contributed by atoms with Gasteiger partial charge in [-0.1, -0.05) is 60.7 Å². The van der Waals surface area contributed by atoms with Crippen molar-refractivity contribution in [3.05, 3.63) is 71.8 Å². The summed E-state index contributed by atoms with van der Waals surface area (Å²) in [4.78, 5) is 30.7. The summed E-state index contributed by atoms with van der Waals surface area (Å²) in [7, 11) is 0. The third-order valence-corrected chi connectivity index (χ3v) is 5.43. The number of piperazine rings is 1. The molecule has 148 valence electrons. The van der Waals surface area contributed by atoms with Crippen LogP contribution >= 0.6 is 0 Å². The van der Waals surface area contributed by atoms with E-state index < -0.39 is 0 Å². The van der Waals surface area contributed by atoms with Crippen molar-refractivity contribution in [3.63, 3.8) is 0 Å². The highest BCUT2D eigenvalue weighted by molar-refractivity contribution is 6.34. The molecule has 0 radical (unpaired) electrons. The molecule has 0 spiro atoms. The molecule has 0 unspecified atom stereocenters. The van der Waals surface area contributed by atoms with Crippen LogP contribution < -0.4 is 0 Å². The van der Waals surface area contributed by atoms with E-state index in [4.69, 9.17) is 0 Å². The van der Waals surface area contributed by atoms with E-state index in [-0.39, 0.29) is 17.9 Å². The predicted octanol–water partition coefficient (Wildman–Crippen LogP) is 2.79. The maximum Gasteiger partial charge on any atom is 0.312 e. The number of hydrogen-bond donors (Lipinski definition) is 0. The van der Waals surface area contributed by atoms with Gasteiger partial charge in [0, 0.05) is 39.3 Å². The average Bonchev–Trinajstić information content (AvgIpc) is 2.76. The highest BCUT2D eigenvalue weighted by Gasteiger charge is 2.31. The lowest BCUT2D eigenvalue weighted by atomic mass is 9.96. The first-order chi connectivity index (χ1) is 13.7. The van der Waals surface area contributed by atoms with Crippen molar-refractivity contribution < 1.29 is 9.59 Å². The normalized spacial score (nSPS) is 14.9. The van der Waals surface area contributed by atoms with Crippen LogP contribution in [0.5, 0.6) is 0 Å². The first kappa shape index (κ1) is 20.1. The Morgan fingerprint density at radius 3 is 1.71 bits per heavy atom. The molecule has 5 heteroatoms. The third-order valence-electron chi connectivity index (χ3n) is 5.43. The van der Waals surface area contributed by atoms with Crippen LogP contribution in [-0.4, -0.2) is 65.8 Å². The molecule has 1 aliphatic rings. The summed E-state index contributed by atoms with van der Waals surface area (Å²) >= 11 is 0. The highest BCUT2D eigenvalue weighted by atomic mass is 16.2. The van der Waals surface area contributed by atoms with Gasteiger partial charge in [-0.3, -0.25) is 14.5 Å². The summed E-state index contributed by atoms with van der Waals surface area (Å²) in [6.45, 7) is 7.55. The minimum atomic E-state index is -0.388. The van der Waals surface area contributed by atoms with Crippen LogP contribution in [0.1, 0.15) is 31.0 Å². The van der Waals surface area contributed by atoms with Gasteiger partial charge in [0.1, 0.15) is 0 Å². The van der Waals surface area contributed by atoms with Crippen LogP contribution in [0.15, 0.2) is 60.7 Å². The van der Waals surface area contributed by atoms with E-state index in [1.165, 1.54) is 11.1 Å². The molecular weight excluding hydrogens is 350 g/mol. The molecule has 0 aliphatic carbocycles. The zero-order chi connectivity index (χ0) is 19.9. The molecule has 28 heavy (non-hydrogen) atoms. The molecular formula is C23H29N3O2. The lowest BCUT2D eigenvalue weighted by molar-refractivity contribution is -0.152. The van der Waals surface area contributed by atoms with E-state index in [1.807, 2.05) is 26.0 Å². The molecule has 1 fully saturated rings. The monoisotopic (exact) mass is 379 g/mol. The van der Waals surface area contributed by atoms with Crippen molar-refractivity contribution in [2.75, 3.05) is 39.3 Å². The van der Waals surface area contributed by atoms with E-state index in [2.05, 4.69) is 53.4 Å². The number of carbonyl (C=O) groups is 2. The maximum absolute atomic E-state index is 12.6. The Balaban J connectivity index is 1.73. The number of rotatable bonds is 5. The zero-order valence-electron chi connectivity index (χ0n) is 16.8. The minimum absolute atomic E-state index is 0.151. The Labute approximate surface area is 167 Å². The van der Waals surface area contributed by atoms with Crippen molar-refractivity contribution in [2.24, 2.45) is 0 Å². The topological polar surface area (TPSA) is 43.9 Å². The largest absolute Gasteiger partial charge is 0.335 e. The van der Waals surface area contributed by atoms with Gasteiger partial charge in [0.15, 0.2) is 0 Å². The summed E-state index contributed by atoms with van der Waals surface area (Å²) in [6, 6.07) is 21.1. The number of carbonyl (C=O) groups excluding carboxylic acids is 2. The summed E-state index contributed by atoms with van der Waals surface area (Å²) in [6.07, 6.45) is 0. The third kappa shape index (κ3) is 4.42. The summed E-state index contributed by atoms with van der Waals surface area (Å²) in [5.74, 6) is -0.763. The summed E-state index contributed by atoms with van der Waals surface area (Å²) < 4.78 is 0. The van der Waals surface area contributed by atoms with E-state index in [1.54, 1.807) is 9.80 Å². The zero-order valence-corrected chi connectivity index (χ0v) is 16.8. The molecule has 1 aliphatic heterocycles. The molecule has 3 rings (SSSR count). The van der Waals surface area contributed by atoms with Gasteiger partial charge in [0.2, 0.25) is 0 Å². The molecule has 0 atom stereocenters. The molecule has 0 saturated carbocycles. The minimum Gasteiger partial charge on any atom is -0.335 e. The number of benzene rings is 2. The molecule has 0 aromatic heterocycles. The average molecular weight is 380 g/mol. The van der Waals surface area contributed by atoms with Crippen molar-refractivity contribution >= 4 is 11.8 Å². The van der Waals surface area contributed by atoms with Gasteiger partial charge in [-0.05, 0) is 25.0 Å². The molecule has 2 amide bonds. The van der Waals surface area contributed by atoms with Crippen molar-refractivity contribution in [3.8, 4) is 0 Å². The highest BCUT2D eigenvalue weighted by Crippen LogP contribution is 2.29. The molecule has 2 aromatic carbocycles. The SMILES string of the molecule is CCN(CC)C(=O)C(=O)N1CCN(C(c2ccccc2)c2ccccc2)CC1. The van der Waals surface area contributed by atoms with Crippen LogP contribution in [-0.2, 0) is 9.59 Å². The van der Waals surface area contributed by atoms with E-state index in [0.717, 1.165) is 13.1 Å². The molecule has 1 saturated heterocycles. The fraction of sp³-hybridized carbons (Fsp3) is 0.391. The second-order valence-electron chi connectivity index (χ2n) is 7.03. The Morgan fingerprint density at radius 2 is 1.29 bits per heavy atom. The van der Waals surface area contributed by atoms with E-state index >= 15 is 0 Å². The maximum atomic E-state index is 12.6. The van der Waals surface area contributed by atoms with E-state index in [9.17, 15) is 9.59 Å². The lowest BCUT2D eigenvalue weighted by Gasteiger charge is -2.40. The van der Waals surface area contributed by atoms with Crippen molar-refractivity contribution in [2.45, 2.75) is 19.9 Å². The molecule has 2 aromatic rings. The summed E-state index contributed by atoms with van der Waals surface area (Å²) in [5, 5.41) is 0. The van der Waals surface area contributed by atoms with Gasteiger partial charge in [-0.2, -0.15) is 0 Å². The van der Waals surface area contributed by atoms with Crippen LogP contribution in [0.2, 0.25) is 0 Å². The Kier molecular flexibility index (Phi) is 6.82. The first-order valence-electron chi connectivity index (χ1n) is 10.1. The fourth-order valence-electron chi connectivity index (χ4n) is 3.85. The van der Waals surface area contributed by atoms with E-state index in [0.29, 0.717) is 26.2 Å². The second-order valence-corrected chi connectivity index (χ2v) is 7.03. The van der Waals surface area contributed by atoms with Gasteiger partial charge >= 0.3 is 11.8 Å². The number of nitrogens with zero attached hydrogens (tertiary/aromatic N) is 3. The van der Waals surface area contributed by atoms with Gasteiger partial charge in [0.25, 0.3) is 0 Å². The standard InChI is InChI=1S/C23H29N3O2/c1-3-24(4-2)22(27)23(28)26-17-15-25(16-18-26)21(19-11-7-5-8-12-19)20-13-9-6-10-14-20/h5-14,21H,3-4,15-18H2,1-2H3. The van der Waals surface area contributed by atoms with Crippen LogP contribution in [0.4, 0.5) is 0 Å². The summed E-state index contributed by atoms with van der Waals surface area (Å²) in [5.41, 5.74) is 2.49. The quantitative estimate of drug-likeness (QED) is 0.751. The van der Waals surface area contributed by atoms with Crippen LogP contribution in [0.3, 0.4) is 0 Å². The van der Waals surface area contributed by atoms with Crippen LogP contribution in [0, 0.1) is 0 Å². The molecule has 0 bridgehead atoms. The van der Waals surface area contributed by atoms with Gasteiger partial charge in [0.05, 0.1) is 6.04 Å². The number of likely N-dealkylation sites (N-methyl/N-ethyl adjacent to an activating group) is 1. The fourth-order valence-corrected chi connectivity index (χ4v) is 3.85. The van der Waals surface area contributed by atoms with Gasteiger partial charge < -0.3 is 9.80 Å². The number of amides is 2. The van der Waals surface area contributed by atoms with Gasteiger partial charge in [-0.15, -0.1) is 0 Å². The van der Waals surface area contributed by atoms with Crippen molar-refractivity contribution in [1.29, 1.82) is 0 Å². The van der Waals surface area contributed by atoms with Crippen LogP contribution in [0.25, 0.3) is 0 Å². The molecule has 5 nitrogen and oxygen atoms in total.